The number of aromatic nitrogens is 2. The Labute approximate surface area is 127 Å². The summed E-state index contributed by atoms with van der Waals surface area (Å²) in [4.78, 5) is 22.7. The normalized spacial score (nSPS) is 10.6. The summed E-state index contributed by atoms with van der Waals surface area (Å²) in [6, 6.07) is 0.143. The lowest BCUT2D eigenvalue weighted by atomic mass is 10.3. The molecular formula is C15H27N5O. The van der Waals surface area contributed by atoms with Crippen molar-refractivity contribution in [1.29, 1.82) is 0 Å². The molecule has 0 atom stereocenters. The van der Waals surface area contributed by atoms with Crippen molar-refractivity contribution in [3.05, 3.63) is 11.8 Å². The van der Waals surface area contributed by atoms with Crippen molar-refractivity contribution in [2.24, 2.45) is 0 Å². The van der Waals surface area contributed by atoms with Crippen LogP contribution in [0.25, 0.3) is 0 Å². The molecule has 0 spiro atoms. The molecular weight excluding hydrogens is 266 g/mol. The molecule has 0 aromatic carbocycles. The molecule has 1 aromatic heterocycles. The van der Waals surface area contributed by atoms with E-state index in [1.807, 2.05) is 32.6 Å². The number of carbonyl (C=O) groups is 1. The topological polar surface area (TPSA) is 70.2 Å². The minimum atomic E-state index is 0.00734. The van der Waals surface area contributed by atoms with E-state index in [4.69, 9.17) is 0 Å². The van der Waals surface area contributed by atoms with Gasteiger partial charge < -0.3 is 15.5 Å². The summed E-state index contributed by atoms with van der Waals surface area (Å²) in [6.07, 6.45) is 2.81. The van der Waals surface area contributed by atoms with Crippen LogP contribution in [-0.2, 0) is 4.79 Å². The van der Waals surface area contributed by atoms with Gasteiger partial charge in [-0.3, -0.25) is 4.79 Å². The summed E-state index contributed by atoms with van der Waals surface area (Å²) >= 11 is 0. The van der Waals surface area contributed by atoms with E-state index < -0.39 is 0 Å². The van der Waals surface area contributed by atoms with Gasteiger partial charge in [-0.1, -0.05) is 6.92 Å². The number of nitrogens with zero attached hydrogens (tertiary/aromatic N) is 3. The first-order chi connectivity index (χ1) is 9.97. The summed E-state index contributed by atoms with van der Waals surface area (Å²) in [5.74, 6) is 1.43. The van der Waals surface area contributed by atoms with Gasteiger partial charge in [0.15, 0.2) is 0 Å². The monoisotopic (exact) mass is 293 g/mol. The predicted molar refractivity (Wildman–Crippen MR) is 86.7 cm³/mol. The lowest BCUT2D eigenvalue weighted by Crippen LogP contribution is -2.40. The van der Waals surface area contributed by atoms with Crippen LogP contribution in [0.4, 0.5) is 11.8 Å². The van der Waals surface area contributed by atoms with Gasteiger partial charge in [-0.15, -0.1) is 0 Å². The third kappa shape index (κ3) is 5.57. The first kappa shape index (κ1) is 17.2. The molecule has 0 aliphatic rings. The second-order valence-corrected chi connectivity index (χ2v) is 5.36. The van der Waals surface area contributed by atoms with Crippen LogP contribution in [0, 0.1) is 6.92 Å². The Hall–Kier alpha value is -1.85. The Morgan fingerprint density at radius 2 is 2.10 bits per heavy atom. The number of likely N-dealkylation sites (N-methyl/N-ethyl adjacent to an activating group) is 1. The fourth-order valence-corrected chi connectivity index (χ4v) is 1.95. The number of amides is 1. The molecule has 1 amide bonds. The third-order valence-electron chi connectivity index (χ3n) is 2.94. The van der Waals surface area contributed by atoms with Gasteiger partial charge in [0.25, 0.3) is 0 Å². The second kappa shape index (κ2) is 8.44. The van der Waals surface area contributed by atoms with E-state index in [-0.39, 0.29) is 11.9 Å². The molecule has 0 saturated heterocycles. The van der Waals surface area contributed by atoms with E-state index in [0.29, 0.717) is 12.5 Å². The third-order valence-corrected chi connectivity index (χ3v) is 2.94. The van der Waals surface area contributed by atoms with E-state index in [1.165, 1.54) is 0 Å². The molecule has 0 fully saturated rings. The predicted octanol–water partition coefficient (Wildman–Crippen LogP) is 1.96. The number of carbonyl (C=O) groups excluding carboxylic acids is 1. The zero-order valence-electron chi connectivity index (χ0n) is 13.7. The van der Waals surface area contributed by atoms with Gasteiger partial charge in [-0.2, -0.15) is 4.98 Å². The van der Waals surface area contributed by atoms with Gasteiger partial charge in [0.2, 0.25) is 11.9 Å². The van der Waals surface area contributed by atoms with Crippen LogP contribution in [0.15, 0.2) is 6.20 Å². The van der Waals surface area contributed by atoms with Crippen LogP contribution in [0.3, 0.4) is 0 Å². The Morgan fingerprint density at radius 3 is 2.67 bits per heavy atom. The van der Waals surface area contributed by atoms with Gasteiger partial charge in [0.05, 0.1) is 6.54 Å². The molecule has 0 bridgehead atoms. The first-order valence-electron chi connectivity index (χ1n) is 7.59. The van der Waals surface area contributed by atoms with Crippen molar-refractivity contribution < 1.29 is 4.79 Å². The van der Waals surface area contributed by atoms with Gasteiger partial charge in [-0.25, -0.2) is 4.98 Å². The highest BCUT2D eigenvalue weighted by Crippen LogP contribution is 2.17. The zero-order valence-corrected chi connectivity index (χ0v) is 13.7. The van der Waals surface area contributed by atoms with Crippen molar-refractivity contribution in [2.45, 2.75) is 47.1 Å². The lowest BCUT2D eigenvalue weighted by molar-refractivity contribution is -0.120. The van der Waals surface area contributed by atoms with Crippen LogP contribution in [0.1, 0.15) is 39.7 Å². The molecule has 0 unspecified atom stereocenters. The largest absolute Gasteiger partial charge is 0.354 e. The molecule has 1 heterocycles. The van der Waals surface area contributed by atoms with Crippen molar-refractivity contribution in [3.63, 3.8) is 0 Å². The maximum absolute atomic E-state index is 12.0. The Bertz CT molecular complexity index is 461. The van der Waals surface area contributed by atoms with Crippen LogP contribution in [0.5, 0.6) is 0 Å². The maximum atomic E-state index is 12.0. The summed E-state index contributed by atoms with van der Waals surface area (Å²) in [7, 11) is 0. The van der Waals surface area contributed by atoms with Crippen molar-refractivity contribution in [1.82, 2.24) is 15.3 Å². The standard InChI is InChI=1S/C15H27N5O/c1-6-8-16-15-17-9-12(5)14(19-15)20(7-2)10-13(21)18-11(3)4/h9,11H,6-8,10H2,1-5H3,(H,18,21)(H,16,17,19). The van der Waals surface area contributed by atoms with E-state index in [9.17, 15) is 4.79 Å². The molecule has 21 heavy (non-hydrogen) atoms. The van der Waals surface area contributed by atoms with Gasteiger partial charge in [-0.05, 0) is 34.1 Å². The summed E-state index contributed by atoms with van der Waals surface area (Å²) in [6.45, 7) is 11.8. The highest BCUT2D eigenvalue weighted by Gasteiger charge is 2.15. The molecule has 6 nitrogen and oxygen atoms in total. The van der Waals surface area contributed by atoms with E-state index in [0.717, 1.165) is 30.9 Å². The Morgan fingerprint density at radius 1 is 1.38 bits per heavy atom. The smallest absolute Gasteiger partial charge is 0.239 e. The van der Waals surface area contributed by atoms with E-state index in [1.54, 1.807) is 6.20 Å². The van der Waals surface area contributed by atoms with E-state index in [2.05, 4.69) is 27.5 Å². The van der Waals surface area contributed by atoms with Gasteiger partial charge in [0, 0.05) is 30.9 Å². The van der Waals surface area contributed by atoms with E-state index >= 15 is 0 Å². The molecule has 6 heteroatoms. The lowest BCUT2D eigenvalue weighted by Gasteiger charge is -2.24. The highest BCUT2D eigenvalue weighted by atomic mass is 16.2. The van der Waals surface area contributed by atoms with Crippen molar-refractivity contribution in [2.75, 3.05) is 29.9 Å². The number of hydrogen-bond donors (Lipinski definition) is 2. The number of anilines is 2. The maximum Gasteiger partial charge on any atom is 0.239 e. The van der Waals surface area contributed by atoms with Crippen molar-refractivity contribution >= 4 is 17.7 Å². The van der Waals surface area contributed by atoms with Crippen LogP contribution in [0.2, 0.25) is 0 Å². The summed E-state index contributed by atoms with van der Waals surface area (Å²) in [5.41, 5.74) is 0.969. The number of aryl methyl sites for hydroxylation is 1. The van der Waals surface area contributed by atoms with Crippen LogP contribution in [-0.4, -0.2) is 41.6 Å². The molecule has 0 saturated carbocycles. The minimum Gasteiger partial charge on any atom is -0.354 e. The van der Waals surface area contributed by atoms with Crippen LogP contribution >= 0.6 is 0 Å². The average molecular weight is 293 g/mol. The fourth-order valence-electron chi connectivity index (χ4n) is 1.95. The second-order valence-electron chi connectivity index (χ2n) is 5.36. The first-order valence-corrected chi connectivity index (χ1v) is 7.59. The fraction of sp³-hybridized carbons (Fsp3) is 0.667. The minimum absolute atomic E-state index is 0.00734. The zero-order chi connectivity index (χ0) is 15.8. The molecule has 1 rings (SSSR count). The molecule has 0 radical (unpaired) electrons. The number of nitrogens with one attached hydrogen (secondary N) is 2. The molecule has 1 aromatic rings. The van der Waals surface area contributed by atoms with Gasteiger partial charge >= 0.3 is 0 Å². The number of hydrogen-bond acceptors (Lipinski definition) is 5. The Kier molecular flexibility index (Phi) is 6.91. The summed E-state index contributed by atoms with van der Waals surface area (Å²) in [5, 5.41) is 6.08. The highest BCUT2D eigenvalue weighted by molar-refractivity contribution is 5.81. The molecule has 0 aliphatic heterocycles. The number of rotatable bonds is 8. The summed E-state index contributed by atoms with van der Waals surface area (Å²) < 4.78 is 0. The molecule has 0 aliphatic carbocycles. The quantitative estimate of drug-likeness (QED) is 0.766. The average Bonchev–Trinajstić information content (AvgIpc) is 2.43. The van der Waals surface area contributed by atoms with Crippen molar-refractivity contribution in [3.8, 4) is 0 Å². The molecule has 2 N–H and O–H groups in total. The van der Waals surface area contributed by atoms with Gasteiger partial charge in [0.1, 0.15) is 5.82 Å². The SMILES string of the molecule is CCCNc1ncc(C)c(N(CC)CC(=O)NC(C)C)n1. The van der Waals surface area contributed by atoms with Crippen LogP contribution < -0.4 is 15.5 Å². The Balaban J connectivity index is 2.85. The molecule has 118 valence electrons.